The van der Waals surface area contributed by atoms with E-state index in [2.05, 4.69) is 0 Å². The maximum absolute atomic E-state index is 12.5. The van der Waals surface area contributed by atoms with Gasteiger partial charge >= 0.3 is 6.18 Å². The molecular weight excluding hydrogens is 255 g/mol. The zero-order valence-electron chi connectivity index (χ0n) is 9.26. The predicted octanol–water partition coefficient (Wildman–Crippen LogP) is 3.18. The van der Waals surface area contributed by atoms with Crippen LogP contribution in [0.2, 0.25) is 5.02 Å². The Balaban J connectivity index is 2.98. The van der Waals surface area contributed by atoms with Crippen LogP contribution in [0.1, 0.15) is 12.0 Å². The van der Waals surface area contributed by atoms with Crippen LogP contribution >= 0.6 is 11.6 Å². The molecule has 1 aromatic carbocycles. The molecule has 1 aromatic rings. The van der Waals surface area contributed by atoms with E-state index in [1.807, 2.05) is 0 Å². The minimum absolute atomic E-state index is 0.0130. The topological polar surface area (TPSA) is 23.5 Å². The van der Waals surface area contributed by atoms with Gasteiger partial charge in [-0.2, -0.15) is 13.2 Å². The van der Waals surface area contributed by atoms with Gasteiger partial charge in [-0.25, -0.2) is 0 Å². The molecule has 0 fully saturated rings. The lowest BCUT2D eigenvalue weighted by atomic mass is 10.2. The van der Waals surface area contributed by atoms with Crippen LogP contribution in [0.5, 0.6) is 0 Å². The molecule has 0 radical (unpaired) electrons. The average molecular weight is 268 g/mol. The molecule has 0 aliphatic heterocycles. The van der Waals surface area contributed by atoms with Crippen LogP contribution in [0.25, 0.3) is 0 Å². The first kappa shape index (κ1) is 14.1. The standard InChI is InChI=1S/C11H13ClF3NO/c1-16(5-2-6-17)10-7-8(11(13,14)15)3-4-9(10)12/h3-4,7,17H,2,5-6H2,1H3. The first-order chi connectivity index (χ1) is 7.86. The van der Waals surface area contributed by atoms with Crippen molar-refractivity contribution in [3.63, 3.8) is 0 Å². The van der Waals surface area contributed by atoms with E-state index in [4.69, 9.17) is 16.7 Å². The molecule has 1 rings (SSSR count). The SMILES string of the molecule is CN(CCCO)c1cc(C(F)(F)F)ccc1Cl. The Morgan fingerprint density at radius 1 is 1.35 bits per heavy atom. The van der Waals surface area contributed by atoms with Crippen LogP contribution in [-0.2, 0) is 6.18 Å². The summed E-state index contributed by atoms with van der Waals surface area (Å²) in [6, 6.07) is 3.20. The molecule has 1 N–H and O–H groups in total. The Morgan fingerprint density at radius 2 is 2.00 bits per heavy atom. The molecule has 96 valence electrons. The van der Waals surface area contributed by atoms with E-state index in [0.717, 1.165) is 12.1 Å². The van der Waals surface area contributed by atoms with Gasteiger partial charge in [-0.1, -0.05) is 11.6 Å². The van der Waals surface area contributed by atoms with Crippen molar-refractivity contribution in [3.05, 3.63) is 28.8 Å². The first-order valence-electron chi connectivity index (χ1n) is 5.05. The lowest BCUT2D eigenvalue weighted by molar-refractivity contribution is -0.137. The van der Waals surface area contributed by atoms with Crippen molar-refractivity contribution in [2.24, 2.45) is 0 Å². The summed E-state index contributed by atoms with van der Waals surface area (Å²) in [5.74, 6) is 0. The van der Waals surface area contributed by atoms with Gasteiger partial charge in [0.05, 0.1) is 16.3 Å². The van der Waals surface area contributed by atoms with E-state index < -0.39 is 11.7 Å². The molecular formula is C11H13ClF3NO. The Labute approximate surface area is 103 Å². The molecule has 0 aliphatic carbocycles. The lowest BCUT2D eigenvalue weighted by Crippen LogP contribution is -2.20. The summed E-state index contributed by atoms with van der Waals surface area (Å²) < 4.78 is 37.5. The number of anilines is 1. The van der Waals surface area contributed by atoms with Gasteiger partial charge in [0.25, 0.3) is 0 Å². The van der Waals surface area contributed by atoms with Crippen molar-refractivity contribution >= 4 is 17.3 Å². The second kappa shape index (κ2) is 5.60. The quantitative estimate of drug-likeness (QED) is 0.906. The molecule has 0 saturated carbocycles. The highest BCUT2D eigenvalue weighted by atomic mass is 35.5. The monoisotopic (exact) mass is 267 g/mol. The van der Waals surface area contributed by atoms with E-state index in [9.17, 15) is 13.2 Å². The van der Waals surface area contributed by atoms with Crippen molar-refractivity contribution in [2.45, 2.75) is 12.6 Å². The van der Waals surface area contributed by atoms with Gasteiger partial charge < -0.3 is 10.0 Å². The van der Waals surface area contributed by atoms with Crippen LogP contribution in [0.15, 0.2) is 18.2 Å². The second-order valence-corrected chi connectivity index (χ2v) is 4.07. The van der Waals surface area contributed by atoms with Crippen molar-refractivity contribution < 1.29 is 18.3 Å². The van der Waals surface area contributed by atoms with Crippen LogP contribution < -0.4 is 4.90 Å². The largest absolute Gasteiger partial charge is 0.416 e. The third kappa shape index (κ3) is 3.78. The Kier molecular flexibility index (Phi) is 4.65. The molecule has 6 heteroatoms. The molecule has 17 heavy (non-hydrogen) atoms. The molecule has 2 nitrogen and oxygen atoms in total. The number of nitrogens with zero attached hydrogens (tertiary/aromatic N) is 1. The van der Waals surface area contributed by atoms with Gasteiger partial charge in [0, 0.05) is 20.2 Å². The number of hydrogen-bond acceptors (Lipinski definition) is 2. The van der Waals surface area contributed by atoms with E-state index in [1.165, 1.54) is 6.07 Å². The Bertz CT molecular complexity index is 381. The maximum Gasteiger partial charge on any atom is 0.416 e. The predicted molar refractivity (Wildman–Crippen MR) is 61.4 cm³/mol. The highest BCUT2D eigenvalue weighted by Crippen LogP contribution is 2.34. The van der Waals surface area contributed by atoms with Crippen LogP contribution in [0.4, 0.5) is 18.9 Å². The fourth-order valence-electron chi connectivity index (χ4n) is 1.41. The normalized spacial score (nSPS) is 11.6. The van der Waals surface area contributed by atoms with Gasteiger partial charge in [-0.15, -0.1) is 0 Å². The molecule has 0 saturated heterocycles. The number of benzene rings is 1. The summed E-state index contributed by atoms with van der Waals surface area (Å²) in [6.07, 6.45) is -3.90. The molecule has 0 spiro atoms. The van der Waals surface area contributed by atoms with Gasteiger partial charge in [0.1, 0.15) is 0 Å². The number of aliphatic hydroxyl groups excluding tert-OH is 1. The minimum Gasteiger partial charge on any atom is -0.396 e. The highest BCUT2D eigenvalue weighted by molar-refractivity contribution is 6.33. The fraction of sp³-hybridized carbons (Fsp3) is 0.455. The van der Waals surface area contributed by atoms with Crippen LogP contribution in [0, 0.1) is 0 Å². The van der Waals surface area contributed by atoms with Gasteiger partial charge in [-0.05, 0) is 24.6 Å². The number of hydrogen-bond donors (Lipinski definition) is 1. The molecule has 0 unspecified atom stereocenters. The van der Waals surface area contributed by atoms with E-state index >= 15 is 0 Å². The number of alkyl halides is 3. The summed E-state index contributed by atoms with van der Waals surface area (Å²) in [6.45, 7) is 0.429. The van der Waals surface area contributed by atoms with Gasteiger partial charge in [0.2, 0.25) is 0 Å². The third-order valence-electron chi connectivity index (χ3n) is 2.34. The van der Waals surface area contributed by atoms with Crippen LogP contribution in [0.3, 0.4) is 0 Å². The summed E-state index contributed by atoms with van der Waals surface area (Å²) in [5.41, 5.74) is -0.414. The second-order valence-electron chi connectivity index (χ2n) is 3.66. The zero-order chi connectivity index (χ0) is 13.1. The van der Waals surface area contributed by atoms with Crippen molar-refractivity contribution in [3.8, 4) is 0 Å². The molecule has 0 aromatic heterocycles. The maximum atomic E-state index is 12.5. The molecule has 0 bridgehead atoms. The number of halogens is 4. The highest BCUT2D eigenvalue weighted by Gasteiger charge is 2.31. The van der Waals surface area contributed by atoms with E-state index in [-0.39, 0.29) is 11.6 Å². The molecule has 0 aliphatic rings. The van der Waals surface area contributed by atoms with Gasteiger partial charge in [0.15, 0.2) is 0 Å². The molecule has 0 amide bonds. The van der Waals surface area contributed by atoms with Crippen LogP contribution in [-0.4, -0.2) is 25.3 Å². The average Bonchev–Trinajstić information content (AvgIpc) is 2.24. The molecule has 0 atom stereocenters. The zero-order valence-corrected chi connectivity index (χ0v) is 10.0. The van der Waals surface area contributed by atoms with Crippen molar-refractivity contribution in [1.29, 1.82) is 0 Å². The molecule has 0 heterocycles. The fourth-order valence-corrected chi connectivity index (χ4v) is 1.67. The third-order valence-corrected chi connectivity index (χ3v) is 2.66. The number of aliphatic hydroxyl groups is 1. The van der Waals surface area contributed by atoms with E-state index in [0.29, 0.717) is 18.7 Å². The van der Waals surface area contributed by atoms with Crippen molar-refractivity contribution in [2.75, 3.05) is 25.1 Å². The lowest BCUT2D eigenvalue weighted by Gasteiger charge is -2.21. The van der Waals surface area contributed by atoms with E-state index in [1.54, 1.807) is 11.9 Å². The smallest absolute Gasteiger partial charge is 0.396 e. The summed E-state index contributed by atoms with van der Waals surface area (Å²) in [4.78, 5) is 1.59. The summed E-state index contributed by atoms with van der Waals surface area (Å²) in [7, 11) is 1.64. The van der Waals surface area contributed by atoms with Crippen molar-refractivity contribution in [1.82, 2.24) is 0 Å². The summed E-state index contributed by atoms with van der Waals surface area (Å²) in [5, 5.41) is 8.94. The Morgan fingerprint density at radius 3 is 2.53 bits per heavy atom. The Hall–Kier alpha value is -0.940. The minimum atomic E-state index is -4.38. The number of rotatable bonds is 4. The van der Waals surface area contributed by atoms with Gasteiger partial charge in [-0.3, -0.25) is 0 Å². The summed E-state index contributed by atoms with van der Waals surface area (Å²) >= 11 is 5.85. The first-order valence-corrected chi connectivity index (χ1v) is 5.43.